The molecular formula is C15H20O. The van der Waals surface area contributed by atoms with Gasteiger partial charge in [-0.3, -0.25) is 0 Å². The number of benzene rings is 2. The maximum atomic E-state index is 5.33. The lowest BCUT2D eigenvalue weighted by Crippen LogP contribution is -1.87. The van der Waals surface area contributed by atoms with Gasteiger partial charge >= 0.3 is 0 Å². The quantitative estimate of drug-likeness (QED) is 0.721. The van der Waals surface area contributed by atoms with Crippen molar-refractivity contribution in [3.63, 3.8) is 0 Å². The highest BCUT2D eigenvalue weighted by Gasteiger charge is 2.02. The molecule has 2 aromatic rings. The van der Waals surface area contributed by atoms with Crippen LogP contribution in [0.15, 0.2) is 36.4 Å². The average Bonchev–Trinajstić information content (AvgIpc) is 2.39. The van der Waals surface area contributed by atoms with Gasteiger partial charge in [0.05, 0.1) is 7.11 Å². The van der Waals surface area contributed by atoms with E-state index >= 15 is 0 Å². The first-order valence-corrected chi connectivity index (χ1v) is 5.91. The van der Waals surface area contributed by atoms with Gasteiger partial charge in [0, 0.05) is 5.39 Å². The topological polar surface area (TPSA) is 9.23 Å². The van der Waals surface area contributed by atoms with Crippen molar-refractivity contribution in [2.24, 2.45) is 0 Å². The fourth-order valence-electron chi connectivity index (χ4n) is 1.83. The standard InChI is InChI=1S/C13H14O.C2H6/c1-3-10-6-4-8-12-11(10)7-5-9-13(12)14-2;1-2/h4-9H,3H2,1-2H3;1-2H3. The van der Waals surface area contributed by atoms with Crippen molar-refractivity contribution >= 4 is 10.8 Å². The molecule has 2 aromatic carbocycles. The van der Waals surface area contributed by atoms with Crippen LogP contribution in [0.1, 0.15) is 26.3 Å². The lowest BCUT2D eigenvalue weighted by atomic mass is 10.0. The third-order valence-electron chi connectivity index (χ3n) is 2.57. The van der Waals surface area contributed by atoms with Crippen molar-refractivity contribution in [2.75, 3.05) is 7.11 Å². The molecular weight excluding hydrogens is 196 g/mol. The van der Waals surface area contributed by atoms with Crippen LogP contribution in [0.5, 0.6) is 5.75 Å². The zero-order valence-corrected chi connectivity index (χ0v) is 10.6. The Morgan fingerprint density at radius 3 is 2.19 bits per heavy atom. The summed E-state index contributed by atoms with van der Waals surface area (Å²) >= 11 is 0. The molecule has 86 valence electrons. The zero-order valence-electron chi connectivity index (χ0n) is 10.6. The van der Waals surface area contributed by atoms with Crippen LogP contribution in [0.25, 0.3) is 10.8 Å². The highest BCUT2D eigenvalue weighted by atomic mass is 16.5. The fraction of sp³-hybridized carbons (Fsp3) is 0.333. The SMILES string of the molecule is CC.CCc1cccc2c(OC)cccc12. The van der Waals surface area contributed by atoms with Crippen LogP contribution in [-0.4, -0.2) is 7.11 Å². The van der Waals surface area contributed by atoms with Gasteiger partial charge in [-0.15, -0.1) is 0 Å². The minimum Gasteiger partial charge on any atom is -0.496 e. The summed E-state index contributed by atoms with van der Waals surface area (Å²) in [5.41, 5.74) is 1.38. The first-order valence-electron chi connectivity index (χ1n) is 5.91. The van der Waals surface area contributed by atoms with Gasteiger partial charge in [0.1, 0.15) is 5.75 Å². The lowest BCUT2D eigenvalue weighted by molar-refractivity contribution is 0.420. The summed E-state index contributed by atoms with van der Waals surface area (Å²) < 4.78 is 5.33. The summed E-state index contributed by atoms with van der Waals surface area (Å²) in [6.07, 6.45) is 1.06. The van der Waals surface area contributed by atoms with Crippen LogP contribution in [0, 0.1) is 0 Å². The molecule has 0 radical (unpaired) electrons. The van der Waals surface area contributed by atoms with Crippen molar-refractivity contribution in [3.8, 4) is 5.75 Å². The predicted molar refractivity (Wildman–Crippen MR) is 71.2 cm³/mol. The second-order valence-electron chi connectivity index (χ2n) is 3.33. The fourth-order valence-corrected chi connectivity index (χ4v) is 1.83. The van der Waals surface area contributed by atoms with Gasteiger partial charge in [-0.25, -0.2) is 0 Å². The Bertz CT molecular complexity index is 403. The molecule has 0 atom stereocenters. The molecule has 0 aliphatic carbocycles. The summed E-state index contributed by atoms with van der Waals surface area (Å²) in [6, 6.07) is 12.6. The minimum atomic E-state index is 0.956. The first kappa shape index (κ1) is 12.6. The number of ether oxygens (including phenoxy) is 1. The maximum Gasteiger partial charge on any atom is 0.126 e. The van der Waals surface area contributed by atoms with E-state index in [-0.39, 0.29) is 0 Å². The van der Waals surface area contributed by atoms with Crippen LogP contribution >= 0.6 is 0 Å². The molecule has 0 bridgehead atoms. The van der Waals surface area contributed by atoms with Crippen LogP contribution < -0.4 is 4.74 Å². The number of hydrogen-bond donors (Lipinski definition) is 0. The Kier molecular flexibility index (Phi) is 4.84. The van der Waals surface area contributed by atoms with Gasteiger partial charge in [0.25, 0.3) is 0 Å². The number of rotatable bonds is 2. The Morgan fingerprint density at radius 2 is 1.56 bits per heavy atom. The molecule has 0 unspecified atom stereocenters. The lowest BCUT2D eigenvalue weighted by Gasteiger charge is -2.07. The molecule has 1 heteroatoms. The van der Waals surface area contributed by atoms with Crippen LogP contribution in [0.4, 0.5) is 0 Å². The van der Waals surface area contributed by atoms with E-state index in [1.165, 1.54) is 16.3 Å². The van der Waals surface area contributed by atoms with Crippen LogP contribution in [0.2, 0.25) is 0 Å². The predicted octanol–water partition coefficient (Wildman–Crippen LogP) is 4.44. The summed E-state index contributed by atoms with van der Waals surface area (Å²) in [5, 5.41) is 2.50. The molecule has 0 aromatic heterocycles. The van der Waals surface area contributed by atoms with Gasteiger partial charge in [-0.05, 0) is 23.4 Å². The number of aryl methyl sites for hydroxylation is 1. The molecule has 2 rings (SSSR count). The van der Waals surface area contributed by atoms with Crippen molar-refractivity contribution in [1.29, 1.82) is 0 Å². The Balaban J connectivity index is 0.000000606. The Hall–Kier alpha value is -1.50. The molecule has 0 heterocycles. The second-order valence-corrected chi connectivity index (χ2v) is 3.33. The molecule has 0 aliphatic heterocycles. The summed E-state index contributed by atoms with van der Waals surface area (Å²) in [6.45, 7) is 6.17. The highest BCUT2D eigenvalue weighted by Crippen LogP contribution is 2.27. The molecule has 16 heavy (non-hydrogen) atoms. The minimum absolute atomic E-state index is 0.956. The Morgan fingerprint density at radius 1 is 0.938 bits per heavy atom. The molecule has 0 N–H and O–H groups in total. The van der Waals surface area contributed by atoms with Gasteiger partial charge in [0.2, 0.25) is 0 Å². The average molecular weight is 216 g/mol. The van der Waals surface area contributed by atoms with E-state index in [0.717, 1.165) is 12.2 Å². The van der Waals surface area contributed by atoms with E-state index in [2.05, 4.69) is 31.2 Å². The third kappa shape index (κ3) is 2.35. The van der Waals surface area contributed by atoms with Gasteiger partial charge < -0.3 is 4.74 Å². The van der Waals surface area contributed by atoms with E-state index in [4.69, 9.17) is 4.74 Å². The van der Waals surface area contributed by atoms with E-state index < -0.39 is 0 Å². The number of methoxy groups -OCH3 is 1. The number of hydrogen-bond acceptors (Lipinski definition) is 1. The molecule has 0 aliphatic rings. The van der Waals surface area contributed by atoms with Crippen molar-refractivity contribution in [1.82, 2.24) is 0 Å². The molecule has 0 saturated heterocycles. The largest absolute Gasteiger partial charge is 0.496 e. The molecule has 0 spiro atoms. The van der Waals surface area contributed by atoms with E-state index in [0.29, 0.717) is 0 Å². The summed E-state index contributed by atoms with van der Waals surface area (Å²) in [4.78, 5) is 0. The van der Waals surface area contributed by atoms with Crippen LogP contribution in [0.3, 0.4) is 0 Å². The van der Waals surface area contributed by atoms with Crippen molar-refractivity contribution in [2.45, 2.75) is 27.2 Å². The van der Waals surface area contributed by atoms with Crippen LogP contribution in [-0.2, 0) is 6.42 Å². The third-order valence-corrected chi connectivity index (χ3v) is 2.57. The smallest absolute Gasteiger partial charge is 0.126 e. The zero-order chi connectivity index (χ0) is 12.0. The Labute approximate surface area is 98.1 Å². The molecule has 0 saturated carbocycles. The maximum absolute atomic E-state index is 5.33. The van der Waals surface area contributed by atoms with Gasteiger partial charge in [-0.2, -0.15) is 0 Å². The summed E-state index contributed by atoms with van der Waals surface area (Å²) in [5.74, 6) is 0.956. The van der Waals surface area contributed by atoms with E-state index in [1.54, 1.807) is 7.11 Å². The second kappa shape index (κ2) is 6.16. The summed E-state index contributed by atoms with van der Waals surface area (Å²) in [7, 11) is 1.72. The number of fused-ring (bicyclic) bond motifs is 1. The highest BCUT2D eigenvalue weighted by molar-refractivity contribution is 5.90. The molecule has 0 fully saturated rings. The van der Waals surface area contributed by atoms with E-state index in [9.17, 15) is 0 Å². The monoisotopic (exact) mass is 216 g/mol. The van der Waals surface area contributed by atoms with Crippen molar-refractivity contribution in [3.05, 3.63) is 42.0 Å². The first-order chi connectivity index (χ1) is 7.86. The normalized spacial score (nSPS) is 9.50. The van der Waals surface area contributed by atoms with Gasteiger partial charge in [-0.1, -0.05) is 51.1 Å². The molecule has 0 amide bonds. The van der Waals surface area contributed by atoms with Crippen molar-refractivity contribution < 1.29 is 4.74 Å². The molecule has 1 nitrogen and oxygen atoms in total. The van der Waals surface area contributed by atoms with Gasteiger partial charge in [0.15, 0.2) is 0 Å². The van der Waals surface area contributed by atoms with E-state index in [1.807, 2.05) is 26.0 Å².